The van der Waals surface area contributed by atoms with E-state index in [1.165, 1.54) is 22.5 Å². The Hall–Kier alpha value is -5.98. The van der Waals surface area contributed by atoms with Crippen molar-refractivity contribution in [2.24, 2.45) is 0 Å². The molecule has 9 rings (SSSR count). The Morgan fingerprint density at radius 2 is 1.04 bits per heavy atom. The number of para-hydroxylation sites is 1. The summed E-state index contributed by atoms with van der Waals surface area (Å²) >= 11 is 1.25. The van der Waals surface area contributed by atoms with E-state index in [2.05, 4.69) is 129 Å². The predicted octanol–water partition coefficient (Wildman–Crippen LogP) is 10.2. The van der Waals surface area contributed by atoms with Crippen LogP contribution in [-0.4, -0.2) is 23.3 Å². The number of hydrogen-bond donors (Lipinski definition) is 0. The first-order valence-corrected chi connectivity index (χ1v) is 15.9. The Bertz CT molecular complexity index is 2460. The average molecular weight is 608 g/mol. The first-order chi connectivity index (χ1) is 22.8. The van der Waals surface area contributed by atoms with Crippen molar-refractivity contribution < 1.29 is 0 Å². The monoisotopic (exact) mass is 607 g/mol. The molecule has 46 heavy (non-hydrogen) atoms. The average Bonchev–Trinajstić information content (AvgIpc) is 3.73. The van der Waals surface area contributed by atoms with Gasteiger partial charge in [-0.15, -0.1) is 0 Å². The highest BCUT2D eigenvalue weighted by molar-refractivity contribution is 7.00. The van der Waals surface area contributed by atoms with E-state index in [0.717, 1.165) is 67.0 Å². The molecule has 6 aromatic carbocycles. The van der Waals surface area contributed by atoms with E-state index in [9.17, 15) is 0 Å². The topological polar surface area (TPSA) is 56.5 Å². The van der Waals surface area contributed by atoms with Crippen molar-refractivity contribution in [2.75, 3.05) is 0 Å². The maximum absolute atomic E-state index is 5.03. The molecule has 0 aliphatic carbocycles. The second-order valence-electron chi connectivity index (χ2n) is 11.3. The Morgan fingerprint density at radius 1 is 0.413 bits per heavy atom. The third-order valence-corrected chi connectivity index (χ3v) is 9.05. The lowest BCUT2D eigenvalue weighted by Crippen LogP contribution is -1.96. The van der Waals surface area contributed by atoms with Crippen LogP contribution in [0.3, 0.4) is 0 Å². The Kier molecular flexibility index (Phi) is 6.25. The first-order valence-electron chi connectivity index (χ1n) is 15.2. The zero-order valence-corrected chi connectivity index (χ0v) is 25.4. The molecule has 0 fully saturated rings. The van der Waals surface area contributed by atoms with Gasteiger partial charge in [-0.25, -0.2) is 9.97 Å². The minimum Gasteiger partial charge on any atom is -0.309 e. The molecular formula is C40H25N5S. The smallest absolute Gasteiger partial charge is 0.160 e. The van der Waals surface area contributed by atoms with Crippen molar-refractivity contribution in [1.29, 1.82) is 0 Å². The van der Waals surface area contributed by atoms with E-state index in [1.54, 1.807) is 0 Å². The van der Waals surface area contributed by atoms with Gasteiger partial charge in [0.15, 0.2) is 5.82 Å². The lowest BCUT2D eigenvalue weighted by Gasteiger charge is -2.11. The summed E-state index contributed by atoms with van der Waals surface area (Å²) in [5, 5.41) is 2.39. The fourth-order valence-electron chi connectivity index (χ4n) is 6.25. The molecule has 0 bridgehead atoms. The van der Waals surface area contributed by atoms with Gasteiger partial charge in [-0.2, -0.15) is 8.75 Å². The van der Waals surface area contributed by atoms with Gasteiger partial charge in [-0.3, -0.25) is 0 Å². The predicted molar refractivity (Wildman–Crippen MR) is 189 cm³/mol. The van der Waals surface area contributed by atoms with E-state index in [-0.39, 0.29) is 0 Å². The molecule has 9 aromatic rings. The number of aromatic nitrogens is 5. The fraction of sp³-hybridized carbons (Fsp3) is 0. The molecule has 3 aromatic heterocycles. The van der Waals surface area contributed by atoms with Crippen LogP contribution in [0.4, 0.5) is 0 Å². The summed E-state index contributed by atoms with van der Waals surface area (Å²) in [5.41, 5.74) is 12.4. The zero-order chi connectivity index (χ0) is 30.5. The van der Waals surface area contributed by atoms with Gasteiger partial charge in [0.05, 0.1) is 34.1 Å². The van der Waals surface area contributed by atoms with Gasteiger partial charge < -0.3 is 4.57 Å². The summed E-state index contributed by atoms with van der Waals surface area (Å²) in [5.74, 6) is 0.712. The normalized spacial score (nSPS) is 11.5. The van der Waals surface area contributed by atoms with E-state index in [4.69, 9.17) is 9.97 Å². The van der Waals surface area contributed by atoms with E-state index in [1.807, 2.05) is 36.4 Å². The quantitative estimate of drug-likeness (QED) is 0.195. The van der Waals surface area contributed by atoms with Gasteiger partial charge in [0.2, 0.25) is 0 Å². The molecule has 0 saturated carbocycles. The molecule has 0 aliphatic heterocycles. The minimum absolute atomic E-state index is 0.712. The van der Waals surface area contributed by atoms with Crippen LogP contribution in [0.5, 0.6) is 0 Å². The van der Waals surface area contributed by atoms with Crippen LogP contribution < -0.4 is 0 Å². The summed E-state index contributed by atoms with van der Waals surface area (Å²) in [7, 11) is 0. The molecule has 0 spiro atoms. The molecule has 0 radical (unpaired) electrons. The largest absolute Gasteiger partial charge is 0.309 e. The lowest BCUT2D eigenvalue weighted by molar-refractivity contribution is 1.18. The number of fused-ring (bicyclic) bond motifs is 4. The fourth-order valence-corrected chi connectivity index (χ4v) is 6.76. The molecule has 3 heterocycles. The summed E-state index contributed by atoms with van der Waals surface area (Å²) in [4.78, 5) is 9.98. The second-order valence-corrected chi connectivity index (χ2v) is 11.8. The van der Waals surface area contributed by atoms with Crippen LogP contribution in [0.1, 0.15) is 0 Å². The summed E-state index contributed by atoms with van der Waals surface area (Å²) < 4.78 is 11.3. The number of rotatable bonds is 5. The van der Waals surface area contributed by atoms with Gasteiger partial charge in [-0.1, -0.05) is 109 Å². The van der Waals surface area contributed by atoms with Crippen LogP contribution >= 0.6 is 11.7 Å². The first kappa shape index (κ1) is 26.4. The highest BCUT2D eigenvalue weighted by atomic mass is 32.1. The van der Waals surface area contributed by atoms with Crippen molar-refractivity contribution in [3.05, 3.63) is 152 Å². The van der Waals surface area contributed by atoms with Gasteiger partial charge >= 0.3 is 0 Å². The van der Waals surface area contributed by atoms with Crippen LogP contribution in [-0.2, 0) is 0 Å². The van der Waals surface area contributed by atoms with Gasteiger partial charge in [-0.05, 0) is 53.6 Å². The molecule has 6 heteroatoms. The van der Waals surface area contributed by atoms with E-state index in [0.29, 0.717) is 5.82 Å². The van der Waals surface area contributed by atoms with Gasteiger partial charge in [0.1, 0.15) is 11.0 Å². The number of benzene rings is 6. The lowest BCUT2D eigenvalue weighted by atomic mass is 10.0. The van der Waals surface area contributed by atoms with Crippen LogP contribution in [0.15, 0.2) is 152 Å². The third kappa shape index (κ3) is 4.55. The third-order valence-electron chi connectivity index (χ3n) is 8.49. The second kappa shape index (κ2) is 10.9. The van der Waals surface area contributed by atoms with Crippen molar-refractivity contribution in [3.63, 3.8) is 0 Å². The Labute approximate surface area is 269 Å². The molecule has 5 nitrogen and oxygen atoms in total. The molecule has 0 amide bonds. The SMILES string of the molecule is c1ccc(-c2cc(-c3cccc(-c4ccc(-n5c6ccccc6c6cc7nsnc7cc65)cc4)c3)nc(-c3ccccc3)n2)cc1. The van der Waals surface area contributed by atoms with Gasteiger partial charge in [0, 0.05) is 33.2 Å². The Morgan fingerprint density at radius 3 is 1.83 bits per heavy atom. The van der Waals surface area contributed by atoms with Crippen molar-refractivity contribution in [2.45, 2.75) is 0 Å². The summed E-state index contributed by atoms with van der Waals surface area (Å²) in [6, 6.07) is 52.8. The molecule has 216 valence electrons. The Balaban J connectivity index is 1.13. The highest BCUT2D eigenvalue weighted by Crippen LogP contribution is 2.35. The van der Waals surface area contributed by atoms with Crippen molar-refractivity contribution in [1.82, 2.24) is 23.3 Å². The van der Waals surface area contributed by atoms with Crippen LogP contribution in [0.25, 0.3) is 83.6 Å². The number of nitrogens with zero attached hydrogens (tertiary/aromatic N) is 5. The highest BCUT2D eigenvalue weighted by Gasteiger charge is 2.15. The minimum atomic E-state index is 0.712. The molecule has 0 aliphatic rings. The van der Waals surface area contributed by atoms with Gasteiger partial charge in [0.25, 0.3) is 0 Å². The molecule has 0 unspecified atom stereocenters. The zero-order valence-electron chi connectivity index (χ0n) is 24.6. The maximum Gasteiger partial charge on any atom is 0.160 e. The van der Waals surface area contributed by atoms with Crippen molar-refractivity contribution >= 4 is 44.6 Å². The van der Waals surface area contributed by atoms with E-state index < -0.39 is 0 Å². The van der Waals surface area contributed by atoms with E-state index >= 15 is 0 Å². The molecule has 0 N–H and O–H groups in total. The number of hydrogen-bond acceptors (Lipinski definition) is 5. The summed E-state index contributed by atoms with van der Waals surface area (Å²) in [6.07, 6.45) is 0. The van der Waals surface area contributed by atoms with Crippen molar-refractivity contribution in [3.8, 4) is 50.7 Å². The molecular weight excluding hydrogens is 583 g/mol. The standard InChI is InChI=1S/C40H25N5S/c1-3-10-27(11-4-1)34-24-35(42-40(41-34)28-12-5-2-6-13-28)30-15-9-14-29(22-30)26-18-20-31(21-19-26)45-38-17-8-7-16-32(38)33-23-36-37(25-39(33)45)44-46-43-36/h1-25H. The summed E-state index contributed by atoms with van der Waals surface area (Å²) in [6.45, 7) is 0. The molecule has 0 atom stereocenters. The van der Waals surface area contributed by atoms with Crippen LogP contribution in [0, 0.1) is 0 Å². The maximum atomic E-state index is 5.03. The molecule has 0 saturated heterocycles. The van der Waals surface area contributed by atoms with Crippen LogP contribution in [0.2, 0.25) is 0 Å².